The second-order valence-corrected chi connectivity index (χ2v) is 4.22. The van der Waals surface area contributed by atoms with Crippen molar-refractivity contribution in [2.45, 2.75) is 0 Å². The molecule has 0 aliphatic rings. The van der Waals surface area contributed by atoms with Crippen LogP contribution in [0.1, 0.15) is 10.4 Å². The summed E-state index contributed by atoms with van der Waals surface area (Å²) in [5.74, 6) is 0.0122. The van der Waals surface area contributed by atoms with Crippen LogP contribution in [0.5, 0.6) is 0 Å². The lowest BCUT2D eigenvalue weighted by molar-refractivity contribution is 0.102. The van der Waals surface area contributed by atoms with Crippen LogP contribution in [0.3, 0.4) is 0 Å². The summed E-state index contributed by atoms with van der Waals surface area (Å²) in [6.45, 7) is 0. The third-order valence-corrected chi connectivity index (χ3v) is 3.22. The Morgan fingerprint density at radius 1 is 1.25 bits per heavy atom. The summed E-state index contributed by atoms with van der Waals surface area (Å²) in [5.41, 5.74) is 2.14. The van der Waals surface area contributed by atoms with Gasteiger partial charge in [0.1, 0.15) is 0 Å². The van der Waals surface area contributed by atoms with Gasteiger partial charge in [-0.05, 0) is 18.2 Å². The molecule has 1 heterocycles. The topological polar surface area (TPSA) is 44.0 Å². The molecule has 0 bridgehead atoms. The monoisotopic (exact) mass is 282 g/mol. The first kappa shape index (κ1) is 11.1. The number of rotatable bonds is 2. The summed E-state index contributed by atoms with van der Waals surface area (Å²) < 4.78 is 3.11. The standard InChI is InChI=1S/C11H11BrN2O2/c1-13-8-4-3-7(10(15)6-12)5-9(8)14(2)11(13)16/h3-5H,6H2,1-2H3. The maximum atomic E-state index is 11.7. The van der Waals surface area contributed by atoms with Crippen molar-refractivity contribution >= 4 is 32.7 Å². The minimum atomic E-state index is -0.0848. The molecule has 0 saturated carbocycles. The van der Waals surface area contributed by atoms with E-state index in [0.29, 0.717) is 10.9 Å². The Hall–Kier alpha value is -1.36. The van der Waals surface area contributed by atoms with E-state index in [2.05, 4.69) is 15.9 Å². The van der Waals surface area contributed by atoms with Gasteiger partial charge in [0, 0.05) is 19.7 Å². The molecule has 0 aliphatic heterocycles. The maximum absolute atomic E-state index is 11.7. The van der Waals surface area contributed by atoms with Crippen molar-refractivity contribution in [2.24, 2.45) is 14.1 Å². The summed E-state index contributed by atoms with van der Waals surface area (Å²) in [7, 11) is 3.42. The number of hydrogen-bond donors (Lipinski definition) is 0. The van der Waals surface area contributed by atoms with E-state index in [1.54, 1.807) is 41.4 Å². The number of alkyl halides is 1. The van der Waals surface area contributed by atoms with E-state index in [4.69, 9.17) is 0 Å². The Balaban J connectivity index is 2.76. The lowest BCUT2D eigenvalue weighted by Crippen LogP contribution is -2.19. The number of halogens is 1. The summed E-state index contributed by atoms with van der Waals surface area (Å²) in [5, 5.41) is 0.291. The van der Waals surface area contributed by atoms with Gasteiger partial charge in [-0.2, -0.15) is 0 Å². The van der Waals surface area contributed by atoms with Gasteiger partial charge in [-0.25, -0.2) is 4.79 Å². The van der Waals surface area contributed by atoms with Gasteiger partial charge in [0.25, 0.3) is 0 Å². The van der Waals surface area contributed by atoms with Crippen molar-refractivity contribution in [1.82, 2.24) is 9.13 Å². The predicted molar refractivity (Wildman–Crippen MR) is 66.3 cm³/mol. The van der Waals surface area contributed by atoms with Crippen LogP contribution in [-0.2, 0) is 14.1 Å². The van der Waals surface area contributed by atoms with Crippen molar-refractivity contribution in [1.29, 1.82) is 0 Å². The molecule has 5 heteroatoms. The fourth-order valence-corrected chi connectivity index (χ4v) is 2.08. The predicted octanol–water partition coefficient (Wildman–Crippen LogP) is 1.45. The minimum absolute atomic E-state index is 0.0122. The molecular formula is C11H11BrN2O2. The molecule has 0 N–H and O–H groups in total. The summed E-state index contributed by atoms with van der Waals surface area (Å²) in [6.07, 6.45) is 0. The van der Waals surface area contributed by atoms with E-state index in [1.165, 1.54) is 0 Å². The molecule has 0 saturated heterocycles. The van der Waals surface area contributed by atoms with Crippen LogP contribution in [0.2, 0.25) is 0 Å². The highest BCUT2D eigenvalue weighted by Crippen LogP contribution is 2.14. The first-order valence-corrected chi connectivity index (χ1v) is 5.93. The first-order valence-electron chi connectivity index (χ1n) is 4.81. The van der Waals surface area contributed by atoms with E-state index in [-0.39, 0.29) is 11.5 Å². The van der Waals surface area contributed by atoms with Gasteiger partial charge in [-0.1, -0.05) is 15.9 Å². The fourth-order valence-electron chi connectivity index (χ4n) is 1.76. The molecule has 16 heavy (non-hydrogen) atoms. The van der Waals surface area contributed by atoms with Crippen molar-refractivity contribution in [2.75, 3.05) is 5.33 Å². The lowest BCUT2D eigenvalue weighted by atomic mass is 10.1. The molecule has 2 rings (SSSR count). The molecule has 0 aliphatic carbocycles. The van der Waals surface area contributed by atoms with Crippen LogP contribution in [0, 0.1) is 0 Å². The van der Waals surface area contributed by atoms with E-state index in [1.807, 2.05) is 0 Å². The lowest BCUT2D eigenvalue weighted by Gasteiger charge is -1.99. The van der Waals surface area contributed by atoms with Gasteiger partial charge in [0.15, 0.2) is 5.78 Å². The highest BCUT2D eigenvalue weighted by Gasteiger charge is 2.10. The molecule has 4 nitrogen and oxygen atoms in total. The van der Waals surface area contributed by atoms with E-state index in [9.17, 15) is 9.59 Å². The smallest absolute Gasteiger partial charge is 0.295 e. The first-order chi connectivity index (χ1) is 7.56. The van der Waals surface area contributed by atoms with Gasteiger partial charge in [-0.3, -0.25) is 13.9 Å². The van der Waals surface area contributed by atoms with Crippen molar-refractivity contribution in [3.05, 3.63) is 34.2 Å². The van der Waals surface area contributed by atoms with E-state index >= 15 is 0 Å². The SMILES string of the molecule is Cn1c(=O)n(C)c2cc(C(=O)CBr)ccc21. The Morgan fingerprint density at radius 2 is 1.88 bits per heavy atom. The molecule has 1 aromatic carbocycles. The number of aryl methyl sites for hydroxylation is 2. The summed E-state index contributed by atoms with van der Waals surface area (Å²) in [6, 6.07) is 5.29. The average molecular weight is 283 g/mol. The van der Waals surface area contributed by atoms with Gasteiger partial charge in [-0.15, -0.1) is 0 Å². The second-order valence-electron chi connectivity index (χ2n) is 3.66. The zero-order valence-corrected chi connectivity index (χ0v) is 10.6. The van der Waals surface area contributed by atoms with Gasteiger partial charge in [0.05, 0.1) is 16.4 Å². The van der Waals surface area contributed by atoms with E-state index in [0.717, 1.165) is 11.0 Å². The molecule has 0 atom stereocenters. The minimum Gasteiger partial charge on any atom is -0.295 e. The maximum Gasteiger partial charge on any atom is 0.328 e. The highest BCUT2D eigenvalue weighted by atomic mass is 79.9. The van der Waals surface area contributed by atoms with Gasteiger partial charge >= 0.3 is 5.69 Å². The summed E-state index contributed by atoms with van der Waals surface area (Å²) >= 11 is 3.13. The van der Waals surface area contributed by atoms with Crippen LogP contribution in [0.4, 0.5) is 0 Å². The number of aromatic nitrogens is 2. The molecule has 0 spiro atoms. The van der Waals surface area contributed by atoms with E-state index < -0.39 is 0 Å². The van der Waals surface area contributed by atoms with Crippen molar-refractivity contribution in [3.8, 4) is 0 Å². The third-order valence-electron chi connectivity index (χ3n) is 2.72. The Morgan fingerprint density at radius 3 is 2.50 bits per heavy atom. The molecule has 0 radical (unpaired) electrons. The summed E-state index contributed by atoms with van der Waals surface area (Å²) in [4.78, 5) is 23.2. The Kier molecular flexibility index (Phi) is 2.71. The van der Waals surface area contributed by atoms with Crippen LogP contribution < -0.4 is 5.69 Å². The van der Waals surface area contributed by atoms with Crippen LogP contribution >= 0.6 is 15.9 Å². The quantitative estimate of drug-likeness (QED) is 0.618. The number of nitrogens with zero attached hydrogens (tertiary/aromatic N) is 2. The van der Waals surface area contributed by atoms with Crippen LogP contribution in [0.25, 0.3) is 11.0 Å². The van der Waals surface area contributed by atoms with Crippen LogP contribution in [0.15, 0.2) is 23.0 Å². The molecule has 0 fully saturated rings. The number of hydrogen-bond acceptors (Lipinski definition) is 2. The molecule has 0 amide bonds. The molecule has 1 aromatic heterocycles. The zero-order valence-electron chi connectivity index (χ0n) is 9.03. The second kappa shape index (κ2) is 3.90. The van der Waals surface area contributed by atoms with Crippen molar-refractivity contribution < 1.29 is 4.79 Å². The molecule has 2 aromatic rings. The molecular weight excluding hydrogens is 272 g/mol. The number of benzene rings is 1. The Labute approximate surface area is 101 Å². The number of fused-ring (bicyclic) bond motifs is 1. The van der Waals surface area contributed by atoms with Gasteiger partial charge < -0.3 is 0 Å². The molecule has 84 valence electrons. The zero-order chi connectivity index (χ0) is 11.9. The van der Waals surface area contributed by atoms with Gasteiger partial charge in [0.2, 0.25) is 0 Å². The van der Waals surface area contributed by atoms with Crippen molar-refractivity contribution in [3.63, 3.8) is 0 Å². The number of ketones is 1. The highest BCUT2D eigenvalue weighted by molar-refractivity contribution is 9.09. The normalized spacial score (nSPS) is 10.9. The number of carbonyl (C=O) groups is 1. The number of carbonyl (C=O) groups excluding carboxylic acids is 1. The Bertz CT molecular complexity index is 625. The third kappa shape index (κ3) is 1.51. The number of imidazole rings is 1. The largest absolute Gasteiger partial charge is 0.328 e. The average Bonchev–Trinajstić information content (AvgIpc) is 2.53. The number of Topliss-reactive ketones (excluding diaryl/α,β-unsaturated/α-hetero) is 1. The fraction of sp³-hybridized carbons (Fsp3) is 0.273. The van der Waals surface area contributed by atoms with Crippen LogP contribution in [-0.4, -0.2) is 20.2 Å². The molecule has 0 unspecified atom stereocenters.